The summed E-state index contributed by atoms with van der Waals surface area (Å²) in [4.78, 5) is 27.5. The molecule has 7 nitrogen and oxygen atoms in total. The molecule has 11 heteroatoms. The predicted octanol–water partition coefficient (Wildman–Crippen LogP) is 8.59. The molecule has 42 heavy (non-hydrogen) atoms. The normalized spacial score (nSPS) is 9.93. The molecule has 0 spiro atoms. The molecule has 0 fully saturated rings. The molecular formula is C31H46ClF3N6O. The van der Waals surface area contributed by atoms with Gasteiger partial charge in [0.05, 0.1) is 11.3 Å². The molecule has 0 aliphatic carbocycles. The summed E-state index contributed by atoms with van der Waals surface area (Å²) in [5, 5.41) is 3.12. The standard InChI is InChI=1S/C17H19ClF3N3.C9H15N3.C3H8.C2H4O/c1-3-6-13-11(4-2)16(24-17(18)23-13)22-9-10-7-5-8-12(14(10)19)15(20)21;1-4-5-12(3)9-8(2)6-10-7-11-9;1-3-2;1-2-3/h5,7-8,15H,3-4,6,9H2,1-2H3,(H,22,23,24);6-7H,4-5H2,1-3H3;3H2,1-2H3;2H,1H3. The second-order valence-electron chi connectivity index (χ2n) is 9.24. The van der Waals surface area contributed by atoms with Crippen LogP contribution in [0.2, 0.25) is 5.28 Å². The van der Waals surface area contributed by atoms with Crippen LogP contribution in [0.25, 0.3) is 0 Å². The molecule has 2 heterocycles. The number of hydrogen-bond acceptors (Lipinski definition) is 7. The SMILES string of the molecule is CC=O.CCC.CCCN(C)c1ncncc1C.CCCc1nc(Cl)nc(NCc2cccc(C(F)F)c2F)c1CC. The minimum Gasteiger partial charge on any atom is -0.366 e. The van der Waals surface area contributed by atoms with E-state index < -0.39 is 17.8 Å². The molecular weight excluding hydrogens is 565 g/mol. The van der Waals surface area contributed by atoms with Crippen LogP contribution in [0.15, 0.2) is 30.7 Å². The van der Waals surface area contributed by atoms with Gasteiger partial charge in [-0.05, 0) is 44.7 Å². The van der Waals surface area contributed by atoms with Crippen molar-refractivity contribution in [3.63, 3.8) is 0 Å². The molecule has 0 atom stereocenters. The van der Waals surface area contributed by atoms with Crippen LogP contribution in [-0.4, -0.2) is 39.8 Å². The minimum absolute atomic E-state index is 0.0400. The molecule has 1 N–H and O–H groups in total. The lowest BCUT2D eigenvalue weighted by atomic mass is 10.1. The van der Waals surface area contributed by atoms with Crippen molar-refractivity contribution in [3.05, 3.63) is 69.8 Å². The van der Waals surface area contributed by atoms with Gasteiger partial charge >= 0.3 is 0 Å². The lowest BCUT2D eigenvalue weighted by Crippen LogP contribution is -2.20. The molecule has 234 valence electrons. The number of aryl methyl sites for hydroxylation is 2. The van der Waals surface area contributed by atoms with E-state index in [1.807, 2.05) is 27.0 Å². The van der Waals surface area contributed by atoms with Gasteiger partial charge < -0.3 is 15.0 Å². The van der Waals surface area contributed by atoms with Crippen molar-refractivity contribution >= 4 is 29.5 Å². The number of nitrogens with zero attached hydrogens (tertiary/aromatic N) is 5. The first-order valence-electron chi connectivity index (χ1n) is 14.3. The van der Waals surface area contributed by atoms with Gasteiger partial charge in [0.15, 0.2) is 0 Å². The third-order valence-electron chi connectivity index (χ3n) is 5.48. The maximum atomic E-state index is 14.1. The molecule has 0 bridgehead atoms. The van der Waals surface area contributed by atoms with Crippen LogP contribution < -0.4 is 10.2 Å². The summed E-state index contributed by atoms with van der Waals surface area (Å²) in [7, 11) is 2.05. The molecule has 0 aliphatic heterocycles. The van der Waals surface area contributed by atoms with Gasteiger partial charge in [-0.25, -0.2) is 33.1 Å². The van der Waals surface area contributed by atoms with Crippen LogP contribution in [0.5, 0.6) is 0 Å². The quantitative estimate of drug-likeness (QED) is 0.182. The van der Waals surface area contributed by atoms with Crippen molar-refractivity contribution < 1.29 is 18.0 Å². The van der Waals surface area contributed by atoms with Gasteiger partial charge in [0.25, 0.3) is 6.43 Å². The molecule has 0 unspecified atom stereocenters. The molecule has 2 aromatic heterocycles. The zero-order valence-corrected chi connectivity index (χ0v) is 26.9. The maximum absolute atomic E-state index is 14.1. The van der Waals surface area contributed by atoms with E-state index in [0.29, 0.717) is 12.2 Å². The summed E-state index contributed by atoms with van der Waals surface area (Å²) in [6.07, 6.45) is 6.08. The monoisotopic (exact) mass is 610 g/mol. The Morgan fingerprint density at radius 1 is 1.10 bits per heavy atom. The number of nitrogens with one attached hydrogen (secondary N) is 1. The van der Waals surface area contributed by atoms with Gasteiger partial charge in [0, 0.05) is 43.0 Å². The van der Waals surface area contributed by atoms with E-state index in [0.717, 1.165) is 60.8 Å². The number of aldehydes is 1. The minimum atomic E-state index is -2.85. The van der Waals surface area contributed by atoms with E-state index in [2.05, 4.69) is 58.0 Å². The summed E-state index contributed by atoms with van der Waals surface area (Å²) in [6.45, 7) is 15.0. The fourth-order valence-electron chi connectivity index (χ4n) is 3.78. The fourth-order valence-corrected chi connectivity index (χ4v) is 3.97. The summed E-state index contributed by atoms with van der Waals surface area (Å²) >= 11 is 5.96. The van der Waals surface area contributed by atoms with E-state index in [1.54, 1.807) is 6.33 Å². The first-order chi connectivity index (χ1) is 20.1. The Morgan fingerprint density at radius 3 is 2.26 bits per heavy atom. The highest BCUT2D eigenvalue weighted by Gasteiger charge is 2.17. The third kappa shape index (κ3) is 13.6. The van der Waals surface area contributed by atoms with Crippen LogP contribution in [0, 0.1) is 12.7 Å². The second-order valence-corrected chi connectivity index (χ2v) is 9.58. The summed E-state index contributed by atoms with van der Waals surface area (Å²) in [5.74, 6) is 0.654. The molecule has 3 rings (SSSR count). The topological polar surface area (TPSA) is 83.9 Å². The van der Waals surface area contributed by atoms with E-state index >= 15 is 0 Å². The van der Waals surface area contributed by atoms with Gasteiger partial charge in [-0.15, -0.1) is 0 Å². The summed E-state index contributed by atoms with van der Waals surface area (Å²) < 4.78 is 39.7. The Kier molecular flexibility index (Phi) is 20.6. The van der Waals surface area contributed by atoms with Crippen molar-refractivity contribution in [2.75, 3.05) is 23.8 Å². The number of rotatable bonds is 10. The van der Waals surface area contributed by atoms with E-state index in [-0.39, 0.29) is 17.4 Å². The lowest BCUT2D eigenvalue weighted by Gasteiger charge is -2.18. The molecule has 0 radical (unpaired) electrons. The Bertz CT molecular complexity index is 1180. The van der Waals surface area contributed by atoms with Crippen molar-refractivity contribution in [1.82, 2.24) is 19.9 Å². The highest BCUT2D eigenvalue weighted by atomic mass is 35.5. The van der Waals surface area contributed by atoms with E-state index in [4.69, 9.17) is 16.4 Å². The number of carbonyl (C=O) groups excluding carboxylic acids is 1. The zero-order valence-electron chi connectivity index (χ0n) is 26.1. The smallest absolute Gasteiger partial charge is 0.266 e. The molecule has 3 aromatic rings. The van der Waals surface area contributed by atoms with Crippen LogP contribution in [-0.2, 0) is 24.2 Å². The number of benzene rings is 1. The maximum Gasteiger partial charge on any atom is 0.266 e. The van der Waals surface area contributed by atoms with Gasteiger partial charge in [-0.1, -0.05) is 65.7 Å². The average molecular weight is 611 g/mol. The fraction of sp³-hybridized carbons (Fsp3) is 0.516. The number of aromatic nitrogens is 4. The Morgan fingerprint density at radius 2 is 1.74 bits per heavy atom. The summed E-state index contributed by atoms with van der Waals surface area (Å²) in [6, 6.07) is 3.97. The van der Waals surface area contributed by atoms with Gasteiger partial charge in [-0.3, -0.25) is 0 Å². The Labute approximate surface area is 254 Å². The Balaban J connectivity index is 0.000000775. The largest absolute Gasteiger partial charge is 0.366 e. The highest BCUT2D eigenvalue weighted by Crippen LogP contribution is 2.26. The number of halogens is 4. The van der Waals surface area contributed by atoms with Crippen LogP contribution >= 0.6 is 11.6 Å². The molecule has 1 aromatic carbocycles. The van der Waals surface area contributed by atoms with Crippen molar-refractivity contribution in [2.24, 2.45) is 0 Å². The molecule has 0 aliphatic rings. The number of hydrogen-bond donors (Lipinski definition) is 1. The van der Waals surface area contributed by atoms with Crippen LogP contribution in [0.1, 0.15) is 95.2 Å². The van der Waals surface area contributed by atoms with Crippen LogP contribution in [0.4, 0.5) is 24.8 Å². The van der Waals surface area contributed by atoms with Gasteiger partial charge in [0.2, 0.25) is 5.28 Å². The lowest BCUT2D eigenvalue weighted by molar-refractivity contribution is -0.106. The van der Waals surface area contributed by atoms with Crippen molar-refractivity contribution in [1.29, 1.82) is 0 Å². The van der Waals surface area contributed by atoms with E-state index in [1.165, 1.54) is 25.5 Å². The van der Waals surface area contributed by atoms with Crippen LogP contribution in [0.3, 0.4) is 0 Å². The van der Waals surface area contributed by atoms with Crippen molar-refractivity contribution in [2.45, 2.75) is 93.5 Å². The molecule has 0 amide bonds. The highest BCUT2D eigenvalue weighted by molar-refractivity contribution is 6.28. The number of alkyl halides is 2. The third-order valence-corrected chi connectivity index (χ3v) is 5.65. The first-order valence-corrected chi connectivity index (χ1v) is 14.7. The molecule has 0 saturated heterocycles. The predicted molar refractivity (Wildman–Crippen MR) is 167 cm³/mol. The van der Waals surface area contributed by atoms with Gasteiger partial charge in [0.1, 0.15) is 30.1 Å². The molecule has 0 saturated carbocycles. The van der Waals surface area contributed by atoms with Gasteiger partial charge in [-0.2, -0.15) is 0 Å². The summed E-state index contributed by atoms with van der Waals surface area (Å²) in [5.41, 5.74) is 2.45. The van der Waals surface area contributed by atoms with E-state index in [9.17, 15) is 13.2 Å². The first kappa shape index (κ1) is 38.7. The number of carbonyl (C=O) groups is 1. The number of anilines is 2. The Hall–Kier alpha value is -3.27. The van der Waals surface area contributed by atoms with Crippen molar-refractivity contribution in [3.8, 4) is 0 Å². The average Bonchev–Trinajstić information content (AvgIpc) is 2.94. The second kappa shape index (κ2) is 22.3. The zero-order chi connectivity index (χ0) is 32.1.